The third-order valence-corrected chi connectivity index (χ3v) is 9.71. The van der Waals surface area contributed by atoms with Crippen molar-refractivity contribution >= 4 is 47.1 Å². The van der Waals surface area contributed by atoms with Crippen molar-refractivity contribution in [3.63, 3.8) is 0 Å². The van der Waals surface area contributed by atoms with Crippen LogP contribution in [-0.2, 0) is 20.8 Å². The zero-order chi connectivity index (χ0) is 38.2. The number of amides is 1. The number of aromatic amines is 1. The molecule has 0 fully saturated rings. The minimum absolute atomic E-state index is 0.103. The van der Waals surface area contributed by atoms with Gasteiger partial charge in [0.25, 0.3) is 0 Å². The zero-order valence-electron chi connectivity index (χ0n) is 30.3. The summed E-state index contributed by atoms with van der Waals surface area (Å²) in [6.07, 6.45) is 9.11. The first kappa shape index (κ1) is 37.4. The Hall–Kier alpha value is -5.88. The number of allylic oxidation sites excluding steroid dienone is 9. The van der Waals surface area contributed by atoms with E-state index in [1.54, 1.807) is 26.0 Å². The average molecular weight is 705 g/mol. The fourth-order valence-electron chi connectivity index (χ4n) is 6.68. The second kappa shape index (κ2) is 14.8. The first-order valence-corrected chi connectivity index (χ1v) is 17.0. The molecule has 1 amide bonds. The van der Waals surface area contributed by atoms with Gasteiger partial charge in [0.1, 0.15) is 5.76 Å². The number of carbonyl (C=O) groups is 3. The molecule has 0 unspecified atom stereocenters. The molecular formula is C40H44N6O6. The van der Waals surface area contributed by atoms with Crippen molar-refractivity contribution < 1.29 is 29.7 Å². The molecule has 52 heavy (non-hydrogen) atoms. The van der Waals surface area contributed by atoms with E-state index in [0.29, 0.717) is 62.3 Å². The summed E-state index contributed by atoms with van der Waals surface area (Å²) in [5.41, 5.74) is 16.4. The highest BCUT2D eigenvalue weighted by molar-refractivity contribution is 6.38. The fraction of sp³-hybridized carbons (Fsp3) is 0.300. The smallest absolute Gasteiger partial charge is 0.303 e. The van der Waals surface area contributed by atoms with Crippen LogP contribution in [0.25, 0.3) is 12.2 Å². The molecule has 270 valence electrons. The van der Waals surface area contributed by atoms with Gasteiger partial charge in [-0.3, -0.25) is 14.4 Å². The van der Waals surface area contributed by atoms with Crippen LogP contribution in [0.2, 0.25) is 0 Å². The Morgan fingerprint density at radius 3 is 2.04 bits per heavy atom. The van der Waals surface area contributed by atoms with Gasteiger partial charge in [0.15, 0.2) is 0 Å². The average Bonchev–Trinajstić information content (AvgIpc) is 3.75. The van der Waals surface area contributed by atoms with Crippen LogP contribution in [-0.4, -0.2) is 67.4 Å². The van der Waals surface area contributed by atoms with Crippen LogP contribution in [0.15, 0.2) is 108 Å². The molecule has 0 aliphatic carbocycles. The number of nitrogens with one attached hydrogen (secondary N) is 2. The lowest BCUT2D eigenvalue weighted by atomic mass is 9.90. The number of nitrogens with zero attached hydrogens (tertiary/aromatic N) is 3. The molecule has 0 radical (unpaired) electrons. The Balaban J connectivity index is 1.88. The summed E-state index contributed by atoms with van der Waals surface area (Å²) in [6.45, 7) is 18.9. The van der Waals surface area contributed by atoms with E-state index >= 15 is 0 Å². The topological polar surface area (TPSA) is 203 Å². The number of carboxylic acid groups (broad SMARTS) is 2. The normalized spacial score (nSPS) is 19.0. The molecule has 5 heterocycles. The van der Waals surface area contributed by atoms with Crippen molar-refractivity contribution in [2.24, 2.45) is 20.7 Å². The Kier molecular flexibility index (Phi) is 10.6. The molecule has 0 saturated carbocycles. The number of carboxylic acids is 2. The summed E-state index contributed by atoms with van der Waals surface area (Å²) in [5, 5.41) is 33.9. The Labute approximate surface area is 302 Å². The summed E-state index contributed by atoms with van der Waals surface area (Å²) >= 11 is 0. The quantitative estimate of drug-likeness (QED) is 0.149. The van der Waals surface area contributed by atoms with E-state index in [2.05, 4.69) is 23.5 Å². The van der Waals surface area contributed by atoms with Crippen molar-refractivity contribution in [3.05, 3.63) is 116 Å². The van der Waals surface area contributed by atoms with E-state index < -0.39 is 29.9 Å². The van der Waals surface area contributed by atoms with Crippen molar-refractivity contribution in [1.82, 2.24) is 10.3 Å². The molecule has 4 aliphatic rings. The summed E-state index contributed by atoms with van der Waals surface area (Å²) in [7, 11) is 0. The van der Waals surface area contributed by atoms with Gasteiger partial charge in [-0.2, -0.15) is 0 Å². The van der Waals surface area contributed by atoms with Gasteiger partial charge >= 0.3 is 11.9 Å². The predicted octanol–water partition coefficient (Wildman–Crippen LogP) is 6.13. The molecular weight excluding hydrogens is 660 g/mol. The molecule has 12 nitrogen and oxygen atoms in total. The molecule has 1 aromatic rings. The van der Waals surface area contributed by atoms with Gasteiger partial charge in [0.2, 0.25) is 5.91 Å². The molecule has 0 spiro atoms. The standard InChI is InChI=1S/C40H44N6O6/c1-9-24-21(6)37-36(39(51)23(8)42-40(52)22(7)41)38-25(10-2)18(3)30(45-38)15-28-19(4)26(11-13-34(47)48)32(43-28)17-33-27(12-14-35(49)50)20(5)29(44-33)16-31(24)46-37/h9-10,15-17,22-23,44,51H,1-2,11-14,41H2,3-8H3,(H,42,52)(H,47,48)(H,49,50)/t22-,23-/m0/s1. The summed E-state index contributed by atoms with van der Waals surface area (Å²) in [6, 6.07) is -1.69. The highest BCUT2D eigenvalue weighted by Crippen LogP contribution is 2.39. The minimum Gasteiger partial charge on any atom is -0.509 e. The molecule has 1 aromatic heterocycles. The number of nitrogens with two attached hydrogens (primary N) is 1. The highest BCUT2D eigenvalue weighted by atomic mass is 16.4. The lowest BCUT2D eigenvalue weighted by Gasteiger charge is -2.20. The van der Waals surface area contributed by atoms with Crippen molar-refractivity contribution in [3.8, 4) is 0 Å². The summed E-state index contributed by atoms with van der Waals surface area (Å²) in [5.74, 6) is -2.52. The van der Waals surface area contributed by atoms with E-state index in [9.17, 15) is 29.7 Å². The van der Waals surface area contributed by atoms with Gasteiger partial charge in [-0.15, -0.1) is 0 Å². The van der Waals surface area contributed by atoms with E-state index in [0.717, 1.165) is 27.8 Å². The van der Waals surface area contributed by atoms with E-state index in [-0.39, 0.29) is 37.0 Å². The van der Waals surface area contributed by atoms with Crippen LogP contribution in [0.5, 0.6) is 0 Å². The maximum absolute atomic E-state index is 12.7. The maximum Gasteiger partial charge on any atom is 0.303 e. The molecule has 5 rings (SSSR count). The van der Waals surface area contributed by atoms with Gasteiger partial charge in [0, 0.05) is 35.4 Å². The number of rotatable bonds is 11. The number of hydrogen-bond acceptors (Lipinski definition) is 8. The van der Waals surface area contributed by atoms with Crippen LogP contribution in [0.4, 0.5) is 0 Å². The third kappa shape index (κ3) is 7.02. The first-order valence-electron chi connectivity index (χ1n) is 17.0. The van der Waals surface area contributed by atoms with Gasteiger partial charge in [0.05, 0.1) is 51.9 Å². The first-order chi connectivity index (χ1) is 24.6. The molecule has 2 atom stereocenters. The highest BCUT2D eigenvalue weighted by Gasteiger charge is 2.34. The van der Waals surface area contributed by atoms with E-state index in [1.165, 1.54) is 0 Å². The Bertz CT molecular complexity index is 2150. The number of aliphatic imine (C=N–C) groups is 3. The predicted molar refractivity (Wildman–Crippen MR) is 204 cm³/mol. The van der Waals surface area contributed by atoms with Crippen molar-refractivity contribution in [1.29, 1.82) is 0 Å². The van der Waals surface area contributed by atoms with Gasteiger partial charge < -0.3 is 31.4 Å². The SMILES string of the molecule is C=CC1=C(C)C2=NC1=Cc1[nH]c(c(CCC(=O)O)c1C)C=C1N=C(C=C3N=C(C(C=C)=C3C)C2=C(O)[C@H](C)NC(=O)[C@H](C)N)C(C)=C1CCC(=O)O. The lowest BCUT2D eigenvalue weighted by Crippen LogP contribution is -2.44. The number of aliphatic hydroxyl groups is 1. The van der Waals surface area contributed by atoms with Gasteiger partial charge in [-0.1, -0.05) is 25.3 Å². The Morgan fingerprint density at radius 2 is 1.42 bits per heavy atom. The summed E-state index contributed by atoms with van der Waals surface area (Å²) in [4.78, 5) is 54.6. The number of fused-ring (bicyclic) bond motifs is 5. The molecule has 0 saturated heterocycles. The van der Waals surface area contributed by atoms with E-state index in [4.69, 9.17) is 20.7 Å². The number of aliphatic hydroxyl groups excluding tert-OH is 1. The molecule has 8 bridgehead atoms. The zero-order valence-corrected chi connectivity index (χ0v) is 30.3. The molecule has 0 aromatic carbocycles. The van der Waals surface area contributed by atoms with Crippen LogP contribution in [0.1, 0.15) is 76.4 Å². The molecule has 4 aliphatic heterocycles. The van der Waals surface area contributed by atoms with Crippen molar-refractivity contribution in [2.45, 2.75) is 79.3 Å². The largest absolute Gasteiger partial charge is 0.509 e. The van der Waals surface area contributed by atoms with Crippen LogP contribution >= 0.6 is 0 Å². The fourth-order valence-corrected chi connectivity index (χ4v) is 6.68. The lowest BCUT2D eigenvalue weighted by molar-refractivity contribution is -0.138. The maximum atomic E-state index is 12.7. The van der Waals surface area contributed by atoms with Crippen LogP contribution in [0, 0.1) is 6.92 Å². The minimum atomic E-state index is -0.945. The number of aliphatic carboxylic acids is 2. The summed E-state index contributed by atoms with van der Waals surface area (Å²) < 4.78 is 0. The third-order valence-electron chi connectivity index (χ3n) is 9.71. The second-order valence-electron chi connectivity index (χ2n) is 13.2. The number of H-pyrrole nitrogens is 1. The number of aromatic nitrogens is 1. The van der Waals surface area contributed by atoms with Crippen LogP contribution < -0.4 is 11.1 Å². The second-order valence-corrected chi connectivity index (χ2v) is 13.2. The molecule has 12 heteroatoms. The van der Waals surface area contributed by atoms with Gasteiger partial charge in [-0.25, -0.2) is 15.0 Å². The molecule has 7 N–H and O–H groups in total. The van der Waals surface area contributed by atoms with Crippen LogP contribution in [0.3, 0.4) is 0 Å². The number of hydrogen-bond donors (Lipinski definition) is 6. The Morgan fingerprint density at radius 1 is 0.808 bits per heavy atom. The van der Waals surface area contributed by atoms with Gasteiger partial charge in [-0.05, 0) is 106 Å². The van der Waals surface area contributed by atoms with Crippen molar-refractivity contribution in [2.75, 3.05) is 0 Å². The number of carbonyl (C=O) groups excluding carboxylic acids is 1. The van der Waals surface area contributed by atoms with E-state index in [1.807, 2.05) is 45.9 Å². The monoisotopic (exact) mass is 704 g/mol.